The fourth-order valence-electron chi connectivity index (χ4n) is 6.60. The van der Waals surface area contributed by atoms with Gasteiger partial charge in [-0.1, -0.05) is 52.0 Å². The number of aliphatic hydroxyl groups is 2. The fraction of sp³-hybridized carbons (Fsp3) is 0.535. The van der Waals surface area contributed by atoms with Crippen molar-refractivity contribution in [3.8, 4) is 11.1 Å². The Hall–Kier alpha value is -5.56. The smallest absolute Gasteiger partial charge is 0.336 e. The molecule has 0 aromatic heterocycles. The zero-order valence-electron chi connectivity index (χ0n) is 35.2. The van der Waals surface area contributed by atoms with Crippen LogP contribution < -0.4 is 0 Å². The van der Waals surface area contributed by atoms with E-state index in [2.05, 4.69) is 61.8 Å². The number of unbranched alkanes of at least 4 members (excludes halogenated alkanes) is 2. The second kappa shape index (κ2) is 25.9. The van der Waals surface area contributed by atoms with Crippen LogP contribution in [0.5, 0.6) is 0 Å². The van der Waals surface area contributed by atoms with Gasteiger partial charge in [0.15, 0.2) is 22.8 Å². The summed E-state index contributed by atoms with van der Waals surface area (Å²) in [5.74, 6) is -9.56. The van der Waals surface area contributed by atoms with Gasteiger partial charge >= 0.3 is 35.8 Å². The average Bonchev–Trinajstić information content (AvgIpc) is 3.54. The maximum absolute atomic E-state index is 12.8. The second-order valence-corrected chi connectivity index (χ2v) is 14.7. The molecule has 0 radical (unpaired) electrons. The van der Waals surface area contributed by atoms with Gasteiger partial charge in [0.1, 0.15) is 0 Å². The van der Waals surface area contributed by atoms with Crippen molar-refractivity contribution < 1.29 is 79.2 Å². The number of Topliss-reactive ketones (excluding diaryl/α,β-unsaturated/α-hetero) is 2. The Kier molecular flexibility index (Phi) is 22.7. The molecule has 0 unspecified atom stereocenters. The number of carboxylic acids is 6. The first-order chi connectivity index (χ1) is 28.6. The number of carboxylic acid groups (broad SMARTS) is 6. The molecule has 2 aromatic rings. The molecule has 0 amide bonds. The highest BCUT2D eigenvalue weighted by Gasteiger charge is 2.41. The molecule has 8 N–H and O–H groups in total. The van der Waals surface area contributed by atoms with Crippen LogP contribution in [0.15, 0.2) is 36.4 Å². The highest BCUT2D eigenvalue weighted by Crippen LogP contribution is 2.38. The fourth-order valence-corrected chi connectivity index (χ4v) is 6.60. The summed E-state index contributed by atoms with van der Waals surface area (Å²) in [7, 11) is 0. The Morgan fingerprint density at radius 3 is 1.03 bits per heavy atom. The molecule has 338 valence electrons. The van der Waals surface area contributed by atoms with Crippen molar-refractivity contribution in [1.29, 1.82) is 0 Å². The normalized spacial score (nSPS) is 11.7. The average molecular weight is 861 g/mol. The monoisotopic (exact) mass is 860 g/mol. The molecule has 3 rings (SSSR count). The molecule has 0 saturated carbocycles. The Morgan fingerprint density at radius 2 is 0.787 bits per heavy atom. The molecule has 0 spiro atoms. The number of fused-ring (bicyclic) bond motifs is 3. The van der Waals surface area contributed by atoms with Gasteiger partial charge in [-0.05, 0) is 106 Å². The van der Waals surface area contributed by atoms with Crippen LogP contribution in [0.2, 0.25) is 0 Å². The van der Waals surface area contributed by atoms with Crippen LogP contribution in [0.3, 0.4) is 0 Å². The lowest BCUT2D eigenvalue weighted by Crippen LogP contribution is -2.42. The van der Waals surface area contributed by atoms with E-state index in [1.54, 1.807) is 0 Å². The van der Waals surface area contributed by atoms with Crippen LogP contribution in [0.4, 0.5) is 0 Å². The first kappa shape index (κ1) is 53.5. The van der Waals surface area contributed by atoms with E-state index in [-0.39, 0.29) is 11.6 Å². The number of rotatable bonds is 26. The van der Waals surface area contributed by atoms with Gasteiger partial charge in [-0.25, -0.2) is 9.59 Å². The Bertz CT molecular complexity index is 1690. The third-order valence-electron chi connectivity index (χ3n) is 10.1. The first-order valence-electron chi connectivity index (χ1n) is 20.1. The van der Waals surface area contributed by atoms with E-state index < -0.39 is 72.7 Å². The van der Waals surface area contributed by atoms with Gasteiger partial charge in [-0.15, -0.1) is 0 Å². The molecule has 0 atom stereocenters. The highest BCUT2D eigenvalue weighted by atomic mass is 16.4. The number of aliphatic carboxylic acids is 6. The standard InChI is InChI=1S/C31H44N2O2.2C6H8O7/c1-5-32(6-2)19-11-9-13-30(34)24-15-17-28-26(21-24)23-27-22-25(16-18-29(27)28)31(35)14-10-12-20-33(7-3)8-4;2*7-3(8)1-6(13,5(11)12)2-4(9)10/h15-18,21-22H,5-14,19-20,23H2,1-4H3;2*13H,1-2H2,(H,7,8)(H,9,10)(H,11,12). The van der Waals surface area contributed by atoms with E-state index in [4.69, 9.17) is 40.9 Å². The van der Waals surface area contributed by atoms with Gasteiger partial charge in [0.05, 0.1) is 25.7 Å². The Morgan fingerprint density at radius 1 is 0.492 bits per heavy atom. The molecule has 0 fully saturated rings. The molecule has 1 aliphatic carbocycles. The number of carbonyl (C=O) groups excluding carboxylic acids is 2. The lowest BCUT2D eigenvalue weighted by atomic mass is 9.96. The second-order valence-electron chi connectivity index (χ2n) is 14.7. The Balaban J connectivity index is 0.000000587. The predicted octanol–water partition coefficient (Wildman–Crippen LogP) is 4.15. The van der Waals surface area contributed by atoms with E-state index in [0.29, 0.717) is 12.8 Å². The summed E-state index contributed by atoms with van der Waals surface area (Å²) >= 11 is 0. The highest BCUT2D eigenvalue weighted by molar-refractivity contribution is 5.99. The summed E-state index contributed by atoms with van der Waals surface area (Å²) in [5, 5.41) is 67.6. The van der Waals surface area contributed by atoms with Gasteiger partial charge < -0.3 is 50.7 Å². The van der Waals surface area contributed by atoms with Crippen molar-refractivity contribution >= 4 is 47.4 Å². The summed E-state index contributed by atoms with van der Waals surface area (Å²) in [6, 6.07) is 12.3. The van der Waals surface area contributed by atoms with E-state index in [1.165, 1.54) is 22.3 Å². The zero-order chi connectivity index (χ0) is 46.5. The van der Waals surface area contributed by atoms with Crippen LogP contribution in [0, 0.1) is 0 Å². The summed E-state index contributed by atoms with van der Waals surface area (Å²) in [6.07, 6.45) is 1.45. The van der Waals surface area contributed by atoms with Crippen molar-refractivity contribution in [2.24, 2.45) is 0 Å². The molecule has 2 aromatic carbocycles. The lowest BCUT2D eigenvalue weighted by Gasteiger charge is -2.18. The van der Waals surface area contributed by atoms with Crippen LogP contribution in [0.25, 0.3) is 11.1 Å². The van der Waals surface area contributed by atoms with Crippen molar-refractivity contribution in [3.05, 3.63) is 58.7 Å². The van der Waals surface area contributed by atoms with Gasteiger partial charge in [0.2, 0.25) is 0 Å². The third-order valence-corrected chi connectivity index (χ3v) is 10.1. The summed E-state index contributed by atoms with van der Waals surface area (Å²) < 4.78 is 0. The van der Waals surface area contributed by atoms with Gasteiger partial charge in [-0.3, -0.25) is 28.8 Å². The molecule has 0 bridgehead atoms. The van der Waals surface area contributed by atoms with Crippen molar-refractivity contribution in [2.45, 2.75) is 110 Å². The van der Waals surface area contributed by atoms with Crippen LogP contribution >= 0.6 is 0 Å². The minimum absolute atomic E-state index is 0.240. The largest absolute Gasteiger partial charge is 0.481 e. The minimum atomic E-state index is -2.74. The summed E-state index contributed by atoms with van der Waals surface area (Å²) in [5.41, 5.74) is 0.992. The zero-order valence-corrected chi connectivity index (χ0v) is 35.2. The maximum atomic E-state index is 12.8. The van der Waals surface area contributed by atoms with Crippen LogP contribution in [0.1, 0.15) is 124 Å². The van der Waals surface area contributed by atoms with Gasteiger partial charge in [0, 0.05) is 24.0 Å². The van der Waals surface area contributed by atoms with Crippen molar-refractivity contribution in [1.82, 2.24) is 9.80 Å². The minimum Gasteiger partial charge on any atom is -0.481 e. The van der Waals surface area contributed by atoms with Crippen molar-refractivity contribution in [3.63, 3.8) is 0 Å². The lowest BCUT2D eigenvalue weighted by molar-refractivity contribution is -0.170. The topological polar surface area (TPSA) is 305 Å². The van der Waals surface area contributed by atoms with Gasteiger partial charge in [0.25, 0.3) is 0 Å². The third kappa shape index (κ3) is 18.3. The van der Waals surface area contributed by atoms with Gasteiger partial charge in [-0.2, -0.15) is 0 Å². The molecule has 1 aliphatic rings. The van der Waals surface area contributed by atoms with E-state index in [0.717, 1.165) is 82.5 Å². The number of nitrogens with zero attached hydrogens (tertiary/aromatic N) is 2. The SMILES string of the molecule is CCN(CC)CCCCC(=O)c1ccc2c(c1)Cc1cc(C(=O)CCCCN(CC)CC)ccc1-2.O=C(O)CC(O)(CC(=O)O)C(=O)O.O=C(O)CC(O)(CC(=O)O)C(=O)O. The maximum Gasteiger partial charge on any atom is 0.336 e. The first-order valence-corrected chi connectivity index (χ1v) is 20.1. The molecule has 0 aliphatic heterocycles. The molecule has 18 heteroatoms. The molecular weight excluding hydrogens is 800 g/mol. The van der Waals surface area contributed by atoms with Crippen molar-refractivity contribution in [2.75, 3.05) is 39.3 Å². The molecule has 0 heterocycles. The van der Waals surface area contributed by atoms with Crippen LogP contribution in [-0.4, -0.2) is 149 Å². The number of hydrogen-bond acceptors (Lipinski definition) is 12. The summed E-state index contributed by atoms with van der Waals surface area (Å²) in [4.78, 5) is 91.4. The van der Waals surface area contributed by atoms with E-state index >= 15 is 0 Å². The van der Waals surface area contributed by atoms with Crippen LogP contribution in [-0.2, 0) is 35.2 Å². The predicted molar refractivity (Wildman–Crippen MR) is 221 cm³/mol. The number of carbonyl (C=O) groups is 8. The molecule has 18 nitrogen and oxygen atoms in total. The van der Waals surface area contributed by atoms with E-state index in [1.807, 2.05) is 12.1 Å². The van der Waals surface area contributed by atoms with E-state index in [9.17, 15) is 38.4 Å². The number of ketones is 2. The molecule has 0 saturated heterocycles. The molecular formula is C43H60N2O16. The quantitative estimate of drug-likeness (QED) is 0.0415. The Labute approximate surface area is 354 Å². The molecule has 61 heavy (non-hydrogen) atoms. The summed E-state index contributed by atoms with van der Waals surface area (Å²) in [6.45, 7) is 15.1. The number of hydrogen-bond donors (Lipinski definition) is 8. The number of benzene rings is 2.